The Morgan fingerprint density at radius 1 is 1.10 bits per heavy atom. The molecule has 0 aromatic heterocycles. The molecule has 7 nitrogen and oxygen atoms in total. The smallest absolute Gasteiger partial charge is 0.162 e. The van der Waals surface area contributed by atoms with Crippen LogP contribution in [0.25, 0.3) is 11.3 Å². The molecule has 3 aliphatic rings. The van der Waals surface area contributed by atoms with Crippen molar-refractivity contribution >= 4 is 11.3 Å². The van der Waals surface area contributed by atoms with Crippen molar-refractivity contribution in [1.82, 2.24) is 0 Å². The molecule has 0 saturated heterocycles. The number of aliphatic hydroxyl groups is 2. The molecule has 0 fully saturated rings. The van der Waals surface area contributed by atoms with E-state index in [1.54, 1.807) is 20.3 Å². The number of rotatable bonds is 3. The molecule has 3 heterocycles. The Morgan fingerprint density at radius 3 is 2.61 bits per heavy atom. The minimum Gasteiger partial charge on any atom is -0.496 e. The van der Waals surface area contributed by atoms with Crippen molar-refractivity contribution in [1.29, 1.82) is 0 Å². The molecule has 0 bridgehead atoms. The van der Waals surface area contributed by atoms with Crippen molar-refractivity contribution in [2.45, 2.75) is 44.7 Å². The zero-order valence-electron chi connectivity index (χ0n) is 18.0. The van der Waals surface area contributed by atoms with Crippen LogP contribution in [0.1, 0.15) is 48.6 Å². The summed E-state index contributed by atoms with van der Waals surface area (Å²) in [5.74, 6) is 3.05. The minimum atomic E-state index is -0.711. The van der Waals surface area contributed by atoms with Gasteiger partial charge in [-0.05, 0) is 38.1 Å². The Bertz CT molecular complexity index is 1090. The first-order valence-electron chi connectivity index (χ1n) is 10.3. The summed E-state index contributed by atoms with van der Waals surface area (Å²) in [6.07, 6.45) is -0.672. The lowest BCUT2D eigenvalue weighted by atomic mass is 9.86. The van der Waals surface area contributed by atoms with Crippen molar-refractivity contribution in [3.05, 3.63) is 46.5 Å². The van der Waals surface area contributed by atoms with E-state index in [1.807, 2.05) is 32.0 Å². The quantitative estimate of drug-likeness (QED) is 0.777. The molecule has 31 heavy (non-hydrogen) atoms. The molecule has 0 amide bonds. The Morgan fingerprint density at radius 2 is 1.90 bits per heavy atom. The van der Waals surface area contributed by atoms with Gasteiger partial charge in [-0.15, -0.1) is 0 Å². The van der Waals surface area contributed by atoms with Crippen molar-refractivity contribution in [2.24, 2.45) is 0 Å². The van der Waals surface area contributed by atoms with Gasteiger partial charge in [-0.1, -0.05) is 0 Å². The van der Waals surface area contributed by atoms with Gasteiger partial charge in [0.25, 0.3) is 0 Å². The molecule has 7 heteroatoms. The highest BCUT2D eigenvalue weighted by atomic mass is 16.5. The molecule has 0 radical (unpaired) electrons. The summed E-state index contributed by atoms with van der Waals surface area (Å²) in [5, 5.41) is 20.6. The van der Waals surface area contributed by atoms with Crippen LogP contribution in [-0.2, 0) is 11.3 Å². The molecule has 2 atom stereocenters. The first kappa shape index (κ1) is 20.0. The lowest BCUT2D eigenvalue weighted by Gasteiger charge is -2.40. The van der Waals surface area contributed by atoms with Crippen molar-refractivity contribution < 1.29 is 33.9 Å². The molecular formula is C24H26O7. The molecule has 2 aromatic rings. The van der Waals surface area contributed by atoms with E-state index in [0.29, 0.717) is 46.3 Å². The van der Waals surface area contributed by atoms with E-state index in [1.165, 1.54) is 0 Å². The lowest BCUT2D eigenvalue weighted by Crippen LogP contribution is -2.37. The first-order chi connectivity index (χ1) is 14.9. The molecule has 164 valence electrons. The van der Waals surface area contributed by atoms with Crippen LogP contribution in [-0.4, -0.2) is 42.7 Å². The fraction of sp³-hybridized carbons (Fsp3) is 0.417. The third-order valence-corrected chi connectivity index (χ3v) is 6.07. The molecule has 0 aliphatic carbocycles. The Hall–Kier alpha value is -2.90. The maximum absolute atomic E-state index is 10.9. The van der Waals surface area contributed by atoms with Crippen LogP contribution < -0.4 is 18.9 Å². The van der Waals surface area contributed by atoms with Crippen LogP contribution >= 0.6 is 0 Å². The highest BCUT2D eigenvalue weighted by Crippen LogP contribution is 2.53. The van der Waals surface area contributed by atoms with Gasteiger partial charge >= 0.3 is 0 Å². The van der Waals surface area contributed by atoms with Gasteiger partial charge in [-0.25, -0.2) is 0 Å². The Labute approximate surface area is 180 Å². The van der Waals surface area contributed by atoms with Crippen LogP contribution in [0, 0.1) is 0 Å². The van der Waals surface area contributed by atoms with Gasteiger partial charge < -0.3 is 33.9 Å². The number of methoxy groups -OCH3 is 2. The van der Waals surface area contributed by atoms with E-state index in [2.05, 4.69) is 0 Å². The summed E-state index contributed by atoms with van der Waals surface area (Å²) in [6, 6.07) is 7.39. The van der Waals surface area contributed by atoms with E-state index in [0.717, 1.165) is 16.7 Å². The zero-order valence-corrected chi connectivity index (χ0v) is 18.0. The second kappa shape index (κ2) is 7.07. The predicted molar refractivity (Wildman–Crippen MR) is 113 cm³/mol. The SMILES string of the molecule is COC1=C2c3cc(OC)c(CO)cc3OC[C@H]2Oc2c1ccc1c2C(O)CC(C)(C)O1. The number of ether oxygens (including phenoxy) is 5. The summed E-state index contributed by atoms with van der Waals surface area (Å²) in [5.41, 5.74) is 3.23. The van der Waals surface area contributed by atoms with E-state index >= 15 is 0 Å². The predicted octanol–water partition coefficient (Wildman–Crippen LogP) is 3.45. The third-order valence-electron chi connectivity index (χ3n) is 6.07. The molecule has 5 rings (SSSR count). The normalized spacial score (nSPS) is 22.6. The molecule has 3 aliphatic heterocycles. The second-order valence-electron chi connectivity index (χ2n) is 8.62. The second-order valence-corrected chi connectivity index (χ2v) is 8.62. The minimum absolute atomic E-state index is 0.154. The number of hydrogen-bond donors (Lipinski definition) is 2. The third kappa shape index (κ3) is 3.03. The van der Waals surface area contributed by atoms with Gasteiger partial charge in [0.1, 0.15) is 41.0 Å². The van der Waals surface area contributed by atoms with Crippen LogP contribution in [0.4, 0.5) is 0 Å². The fourth-order valence-electron chi connectivity index (χ4n) is 4.74. The zero-order chi connectivity index (χ0) is 21.9. The van der Waals surface area contributed by atoms with Crippen molar-refractivity contribution in [3.63, 3.8) is 0 Å². The topological polar surface area (TPSA) is 86.6 Å². The van der Waals surface area contributed by atoms with Crippen LogP contribution in [0.3, 0.4) is 0 Å². The van der Waals surface area contributed by atoms with Crippen LogP contribution in [0.5, 0.6) is 23.0 Å². The standard InChI is InChI=1S/C24H26O7/c1-24(2)9-15(26)21-16(31-24)6-5-13-22(28-4)20-14-8-17(27-3)12(10-25)7-18(14)29-11-19(20)30-23(13)21/h5-8,15,19,25-26H,9-11H2,1-4H3/t15?,19-/m1/s1. The maximum Gasteiger partial charge on any atom is 0.162 e. The lowest BCUT2D eigenvalue weighted by molar-refractivity contribution is 0.00851. The summed E-state index contributed by atoms with van der Waals surface area (Å²) in [7, 11) is 3.19. The number of aliphatic hydroxyl groups excluding tert-OH is 2. The largest absolute Gasteiger partial charge is 0.496 e. The van der Waals surface area contributed by atoms with Crippen molar-refractivity contribution in [3.8, 4) is 23.0 Å². The van der Waals surface area contributed by atoms with E-state index in [9.17, 15) is 10.2 Å². The van der Waals surface area contributed by atoms with Crippen molar-refractivity contribution in [2.75, 3.05) is 20.8 Å². The van der Waals surface area contributed by atoms with Gasteiger partial charge in [-0.2, -0.15) is 0 Å². The number of fused-ring (bicyclic) bond motifs is 6. The average molecular weight is 426 g/mol. The van der Waals surface area contributed by atoms with Gasteiger partial charge in [0.2, 0.25) is 0 Å². The molecule has 1 unspecified atom stereocenters. The number of hydrogen-bond acceptors (Lipinski definition) is 7. The highest BCUT2D eigenvalue weighted by Gasteiger charge is 2.42. The molecular weight excluding hydrogens is 400 g/mol. The van der Waals surface area contributed by atoms with Gasteiger partial charge in [0, 0.05) is 23.1 Å². The Kier molecular flexibility index (Phi) is 4.57. The van der Waals surface area contributed by atoms with E-state index < -0.39 is 17.8 Å². The van der Waals surface area contributed by atoms with E-state index in [-0.39, 0.29) is 13.2 Å². The summed E-state index contributed by atoms with van der Waals surface area (Å²) < 4.78 is 29.8. The van der Waals surface area contributed by atoms with Gasteiger partial charge in [0.15, 0.2) is 6.10 Å². The van der Waals surface area contributed by atoms with E-state index in [4.69, 9.17) is 23.7 Å². The molecule has 2 aromatic carbocycles. The Balaban J connectivity index is 1.72. The first-order valence-corrected chi connectivity index (χ1v) is 10.3. The summed E-state index contributed by atoms with van der Waals surface area (Å²) in [6.45, 7) is 4.03. The molecule has 2 N–H and O–H groups in total. The molecule has 0 spiro atoms. The maximum atomic E-state index is 10.9. The monoisotopic (exact) mass is 426 g/mol. The summed E-state index contributed by atoms with van der Waals surface area (Å²) >= 11 is 0. The van der Waals surface area contributed by atoms with Gasteiger partial charge in [-0.3, -0.25) is 0 Å². The highest BCUT2D eigenvalue weighted by molar-refractivity contribution is 5.96. The fourth-order valence-corrected chi connectivity index (χ4v) is 4.74. The summed E-state index contributed by atoms with van der Waals surface area (Å²) in [4.78, 5) is 0. The van der Waals surface area contributed by atoms with Gasteiger partial charge in [0.05, 0.1) is 38.1 Å². The average Bonchev–Trinajstić information content (AvgIpc) is 2.74. The van der Waals surface area contributed by atoms with Crippen LogP contribution in [0.15, 0.2) is 24.3 Å². The van der Waals surface area contributed by atoms with Crippen LogP contribution in [0.2, 0.25) is 0 Å². The molecule has 0 saturated carbocycles. The number of benzene rings is 2.